The van der Waals surface area contributed by atoms with Gasteiger partial charge in [-0.05, 0) is 53.3 Å². The maximum Gasteiger partial charge on any atom is 0.131 e. The molecule has 1 atom stereocenters. The van der Waals surface area contributed by atoms with E-state index in [0.717, 1.165) is 0 Å². The minimum absolute atomic E-state index is 0.0311. The number of rotatable bonds is 2. The van der Waals surface area contributed by atoms with E-state index in [2.05, 4.69) is 65.5 Å². The summed E-state index contributed by atoms with van der Waals surface area (Å²) in [6.07, 6.45) is 0. The Hall–Kier alpha value is 0.497. The SMILES string of the molecule is CC(C)(C)N=P(=S)N(C(C)(C)C)[Si](C)(C)C. The normalized spacial score (nSPS) is 15.8. The van der Waals surface area contributed by atoms with Gasteiger partial charge >= 0.3 is 0 Å². The van der Waals surface area contributed by atoms with E-state index in [-0.39, 0.29) is 11.1 Å². The third-order valence-electron chi connectivity index (χ3n) is 1.83. The first-order valence-electron chi connectivity index (χ1n) is 5.75. The van der Waals surface area contributed by atoms with Crippen molar-refractivity contribution < 1.29 is 0 Å². The Balaban J connectivity index is 5.43. The lowest BCUT2D eigenvalue weighted by Crippen LogP contribution is -2.50. The predicted octanol–water partition coefficient (Wildman–Crippen LogP) is 4.76. The van der Waals surface area contributed by atoms with Crippen molar-refractivity contribution in [3.05, 3.63) is 0 Å². The largest absolute Gasteiger partial charge is 0.255 e. The average molecular weight is 278 g/mol. The maximum atomic E-state index is 5.66. The summed E-state index contributed by atoms with van der Waals surface area (Å²) in [5, 5.41) is 0. The van der Waals surface area contributed by atoms with Crippen LogP contribution in [0.3, 0.4) is 0 Å². The third-order valence-corrected chi connectivity index (χ3v) is 9.02. The van der Waals surface area contributed by atoms with Crippen LogP contribution in [0.25, 0.3) is 0 Å². The Bertz CT molecular complexity index is 300. The van der Waals surface area contributed by atoms with E-state index in [9.17, 15) is 0 Å². The fraction of sp³-hybridized carbons (Fsp3) is 1.00. The zero-order chi connectivity index (χ0) is 13.4. The molecule has 0 aromatic carbocycles. The molecule has 16 heavy (non-hydrogen) atoms. The van der Waals surface area contributed by atoms with Gasteiger partial charge in [0.25, 0.3) is 0 Å². The fourth-order valence-corrected chi connectivity index (χ4v) is 10.8. The minimum Gasteiger partial charge on any atom is -0.255 e. The molecule has 0 spiro atoms. The summed E-state index contributed by atoms with van der Waals surface area (Å²) in [7, 11) is -1.42. The highest BCUT2D eigenvalue weighted by molar-refractivity contribution is 8.00. The van der Waals surface area contributed by atoms with Gasteiger partial charge in [0.2, 0.25) is 0 Å². The van der Waals surface area contributed by atoms with Gasteiger partial charge in [-0.25, -0.2) is 4.74 Å². The van der Waals surface area contributed by atoms with Crippen LogP contribution in [0.1, 0.15) is 41.5 Å². The van der Waals surface area contributed by atoms with Crippen molar-refractivity contribution >= 4 is 26.7 Å². The monoisotopic (exact) mass is 278 g/mol. The van der Waals surface area contributed by atoms with Gasteiger partial charge in [0.15, 0.2) is 0 Å². The highest BCUT2D eigenvalue weighted by Crippen LogP contribution is 2.37. The Morgan fingerprint density at radius 3 is 1.56 bits per heavy atom. The first-order chi connectivity index (χ1) is 6.75. The van der Waals surface area contributed by atoms with Crippen molar-refractivity contribution in [3.8, 4) is 0 Å². The van der Waals surface area contributed by atoms with Crippen molar-refractivity contribution in [1.29, 1.82) is 0 Å². The van der Waals surface area contributed by atoms with Crippen LogP contribution in [0.2, 0.25) is 19.6 Å². The van der Waals surface area contributed by atoms with Crippen LogP contribution in [0.5, 0.6) is 0 Å². The quantitative estimate of drug-likeness (QED) is 0.534. The predicted molar refractivity (Wildman–Crippen MR) is 81.4 cm³/mol. The van der Waals surface area contributed by atoms with Crippen molar-refractivity contribution in [2.75, 3.05) is 0 Å². The Morgan fingerprint density at radius 1 is 1.00 bits per heavy atom. The van der Waals surface area contributed by atoms with Gasteiger partial charge in [-0.3, -0.25) is 4.34 Å². The average Bonchev–Trinajstić information content (AvgIpc) is 1.70. The molecule has 0 aromatic rings. The highest BCUT2D eigenvalue weighted by atomic mass is 32.4. The lowest BCUT2D eigenvalue weighted by Gasteiger charge is -2.41. The van der Waals surface area contributed by atoms with Crippen molar-refractivity contribution in [2.45, 2.75) is 72.3 Å². The van der Waals surface area contributed by atoms with Crippen molar-refractivity contribution in [2.24, 2.45) is 4.74 Å². The van der Waals surface area contributed by atoms with Gasteiger partial charge in [-0.2, -0.15) is 0 Å². The Kier molecular flexibility index (Phi) is 5.17. The molecule has 5 heteroatoms. The molecule has 0 N–H and O–H groups in total. The lowest BCUT2D eigenvalue weighted by atomic mass is 10.1. The first kappa shape index (κ1) is 16.5. The van der Waals surface area contributed by atoms with E-state index in [1.54, 1.807) is 0 Å². The van der Waals surface area contributed by atoms with E-state index in [1.165, 1.54) is 0 Å². The van der Waals surface area contributed by atoms with Gasteiger partial charge in [0.05, 0.1) is 5.54 Å². The van der Waals surface area contributed by atoms with Gasteiger partial charge in [0, 0.05) is 5.54 Å². The second-order valence-electron chi connectivity index (χ2n) is 7.18. The molecule has 0 fully saturated rings. The zero-order valence-electron chi connectivity index (χ0n) is 12.2. The molecule has 0 aromatic heterocycles. The van der Waals surface area contributed by atoms with Crippen molar-refractivity contribution in [1.82, 2.24) is 4.34 Å². The molecular formula is C11H27N2PSSi. The van der Waals surface area contributed by atoms with Crippen LogP contribution in [-0.4, -0.2) is 23.6 Å². The van der Waals surface area contributed by atoms with Crippen LogP contribution in [0.15, 0.2) is 4.74 Å². The van der Waals surface area contributed by atoms with Crippen LogP contribution in [0.4, 0.5) is 0 Å². The molecule has 1 unspecified atom stereocenters. The molecule has 96 valence electrons. The molecule has 0 saturated carbocycles. The lowest BCUT2D eigenvalue weighted by molar-refractivity contribution is 0.375. The van der Waals surface area contributed by atoms with E-state index < -0.39 is 14.9 Å². The standard InChI is InChI=1S/C11H27N2PSSi/c1-10(2,3)12-14(15)13(11(4,5)6)16(7,8)9/h1-9H3. The third kappa shape index (κ3) is 5.71. The van der Waals surface area contributed by atoms with Crippen LogP contribution in [0, 0.1) is 0 Å². The van der Waals surface area contributed by atoms with E-state index in [1.807, 2.05) is 0 Å². The fourth-order valence-electron chi connectivity index (χ4n) is 1.82. The van der Waals surface area contributed by atoms with E-state index in [4.69, 9.17) is 16.6 Å². The van der Waals surface area contributed by atoms with Gasteiger partial charge in [-0.15, -0.1) is 0 Å². The smallest absolute Gasteiger partial charge is 0.131 e. The van der Waals surface area contributed by atoms with Crippen LogP contribution < -0.4 is 0 Å². The summed E-state index contributed by atoms with van der Waals surface area (Å²) in [6.45, 7) is 19.3. The number of nitrogens with zero attached hydrogens (tertiary/aromatic N) is 2. The first-order valence-corrected chi connectivity index (χ1v) is 11.5. The number of hydrogen-bond donors (Lipinski definition) is 0. The van der Waals surface area contributed by atoms with Crippen LogP contribution in [-0.2, 0) is 11.8 Å². The summed E-state index contributed by atoms with van der Waals surface area (Å²) in [5.74, 6) is 0. The molecule has 2 nitrogen and oxygen atoms in total. The summed E-state index contributed by atoms with van der Waals surface area (Å²) in [5.41, 5.74) is 0.0866. The highest BCUT2D eigenvalue weighted by Gasteiger charge is 2.34. The molecule has 0 saturated heterocycles. The summed E-state index contributed by atoms with van der Waals surface area (Å²) in [4.78, 5) is 0. The zero-order valence-corrected chi connectivity index (χ0v) is 15.0. The topological polar surface area (TPSA) is 15.6 Å². The second kappa shape index (κ2) is 5.01. The van der Waals surface area contributed by atoms with E-state index >= 15 is 0 Å². The maximum absolute atomic E-state index is 5.66. The minimum atomic E-state index is -1.42. The van der Waals surface area contributed by atoms with Crippen molar-refractivity contribution in [3.63, 3.8) is 0 Å². The molecule has 0 heterocycles. The van der Waals surface area contributed by atoms with Gasteiger partial charge in [-0.1, -0.05) is 19.6 Å². The van der Waals surface area contributed by atoms with Gasteiger partial charge < -0.3 is 0 Å². The molecular weight excluding hydrogens is 251 g/mol. The molecule has 0 bridgehead atoms. The Morgan fingerprint density at radius 2 is 1.38 bits per heavy atom. The summed E-state index contributed by atoms with van der Waals surface area (Å²) >= 11 is 5.66. The molecule has 0 amide bonds. The molecule has 0 rings (SSSR count). The Labute approximate surface area is 108 Å². The summed E-state index contributed by atoms with van der Waals surface area (Å²) in [6, 6.07) is 0. The molecule has 0 aliphatic carbocycles. The summed E-state index contributed by atoms with van der Waals surface area (Å²) < 4.78 is 7.28. The van der Waals surface area contributed by atoms with E-state index in [0.29, 0.717) is 0 Å². The molecule has 0 aliphatic heterocycles. The van der Waals surface area contributed by atoms with Gasteiger partial charge in [0.1, 0.15) is 14.9 Å². The second-order valence-corrected chi connectivity index (χ2v) is 14.4. The number of hydrogen-bond acceptors (Lipinski definition) is 2. The molecule has 0 aliphatic rings. The van der Waals surface area contributed by atoms with Crippen LogP contribution >= 0.6 is 6.64 Å². The molecule has 0 radical (unpaired) electrons.